The average Bonchev–Trinajstić information content (AvgIpc) is 3.57. The van der Waals surface area contributed by atoms with Crippen LogP contribution in [0.4, 0.5) is 0 Å². The molecule has 2 aromatic carbocycles. The van der Waals surface area contributed by atoms with E-state index in [1.54, 1.807) is 22.5 Å². The molecule has 2 atom stereocenters. The van der Waals surface area contributed by atoms with Crippen molar-refractivity contribution in [2.45, 2.75) is 44.6 Å². The van der Waals surface area contributed by atoms with Crippen molar-refractivity contribution in [3.8, 4) is 0 Å². The van der Waals surface area contributed by atoms with Gasteiger partial charge in [0, 0.05) is 0 Å². The summed E-state index contributed by atoms with van der Waals surface area (Å²) in [6.07, 6.45) is 10.5. The Kier molecular flexibility index (Phi) is 7.28. The van der Waals surface area contributed by atoms with E-state index in [9.17, 15) is 0 Å². The zero-order valence-electron chi connectivity index (χ0n) is 20.5. The van der Waals surface area contributed by atoms with E-state index in [4.69, 9.17) is 0 Å². The molecular formula is C28H38Cl2N2SiTi. The van der Waals surface area contributed by atoms with Crippen LogP contribution in [0.5, 0.6) is 0 Å². The second-order valence-corrected chi connectivity index (χ2v) is 31.8. The first kappa shape index (κ1) is 26.1. The van der Waals surface area contributed by atoms with Gasteiger partial charge in [-0.2, -0.15) is 0 Å². The van der Waals surface area contributed by atoms with Crippen LogP contribution in [0.2, 0.25) is 10.5 Å². The number of halogens is 2. The molecule has 2 nitrogen and oxygen atoms in total. The molecule has 182 valence electrons. The zero-order valence-corrected chi connectivity index (χ0v) is 25.1. The van der Waals surface area contributed by atoms with Gasteiger partial charge in [-0.15, -0.1) is 24.8 Å². The molecule has 2 aliphatic heterocycles. The first-order chi connectivity index (χ1) is 15.4. The van der Waals surface area contributed by atoms with Crippen LogP contribution in [0, 0.1) is 0 Å². The van der Waals surface area contributed by atoms with Gasteiger partial charge < -0.3 is 0 Å². The average molecular weight is 549 g/mol. The van der Waals surface area contributed by atoms with E-state index in [0.29, 0.717) is 8.45 Å². The molecule has 0 bridgehead atoms. The molecule has 2 heterocycles. The van der Waals surface area contributed by atoms with Gasteiger partial charge >= 0.3 is 197 Å². The zero-order chi connectivity index (χ0) is 21.9. The maximum absolute atomic E-state index is 3.20. The standard InChI is InChI=1S/2C13H14N.2CH3.2ClH.H2Si.Ti/c2*1-2-6-12-10-13(9-11(12)5-1)14-7-3-4-8-14;;;;;;/h2*1-2,5-6,9-10H,3-4,7-8H2;2*1H3;2*1H;1H2;. The fourth-order valence-corrected chi connectivity index (χ4v) is 19.2. The van der Waals surface area contributed by atoms with Crippen molar-refractivity contribution in [1.29, 1.82) is 0 Å². The van der Waals surface area contributed by atoms with Crippen LogP contribution in [0.3, 0.4) is 0 Å². The SMILES string of the molecule is Cl.Cl.[CH3][Ti]([CH3])(=[SiH2])([CH]1C(N2CCCC2)=Cc2ccccc21)[CH]1C(N2CCCC2)=Cc2ccccc21. The van der Waals surface area contributed by atoms with Gasteiger partial charge in [0.15, 0.2) is 0 Å². The Morgan fingerprint density at radius 2 is 1.00 bits per heavy atom. The van der Waals surface area contributed by atoms with Crippen LogP contribution in [0.1, 0.15) is 56.4 Å². The van der Waals surface area contributed by atoms with E-state index < -0.39 is 14.0 Å². The maximum atomic E-state index is 2.77. The van der Waals surface area contributed by atoms with Gasteiger partial charge in [-0.25, -0.2) is 0 Å². The molecule has 0 amide bonds. The fourth-order valence-electron chi connectivity index (χ4n) is 7.27. The first-order valence-electron chi connectivity index (χ1n) is 12.6. The van der Waals surface area contributed by atoms with Crippen LogP contribution >= 0.6 is 24.8 Å². The molecule has 2 saturated heterocycles. The summed E-state index contributed by atoms with van der Waals surface area (Å²) >= 11 is -3.20. The Balaban J connectivity index is 0.00000137. The molecule has 0 saturated carbocycles. The third-order valence-corrected chi connectivity index (χ3v) is 19.8. The predicted octanol–water partition coefficient (Wildman–Crippen LogP) is 6.55. The van der Waals surface area contributed by atoms with Crippen molar-refractivity contribution in [1.82, 2.24) is 9.80 Å². The van der Waals surface area contributed by atoms with Crippen LogP contribution in [0.15, 0.2) is 59.9 Å². The van der Waals surface area contributed by atoms with Gasteiger partial charge in [0.25, 0.3) is 0 Å². The van der Waals surface area contributed by atoms with Crippen molar-refractivity contribution >= 4 is 44.6 Å². The monoisotopic (exact) mass is 548 g/mol. The Morgan fingerprint density at radius 1 is 0.647 bits per heavy atom. The summed E-state index contributed by atoms with van der Waals surface area (Å²) in [7, 11) is 2.46. The quantitative estimate of drug-likeness (QED) is 0.400. The molecule has 2 fully saturated rings. The fraction of sp³-hybridized carbons (Fsp3) is 0.429. The summed E-state index contributed by atoms with van der Waals surface area (Å²) in [5.74, 6) is 0. The van der Waals surface area contributed by atoms with Crippen molar-refractivity contribution in [3.63, 3.8) is 0 Å². The number of fused-ring (bicyclic) bond motifs is 2. The van der Waals surface area contributed by atoms with Crippen molar-refractivity contribution in [2.24, 2.45) is 0 Å². The van der Waals surface area contributed by atoms with E-state index in [1.165, 1.54) is 63.0 Å². The summed E-state index contributed by atoms with van der Waals surface area (Å²) < 4.78 is 1.17. The summed E-state index contributed by atoms with van der Waals surface area (Å²) in [5, 5.41) is 5.53. The molecule has 0 radical (unpaired) electrons. The van der Waals surface area contributed by atoms with Crippen molar-refractivity contribution < 1.29 is 14.0 Å². The predicted molar refractivity (Wildman–Crippen MR) is 151 cm³/mol. The summed E-state index contributed by atoms with van der Waals surface area (Å²) in [6, 6.07) is 18.6. The van der Waals surface area contributed by atoms with Gasteiger partial charge in [0.05, 0.1) is 0 Å². The van der Waals surface area contributed by atoms with E-state index in [2.05, 4.69) is 88.6 Å². The molecule has 6 heteroatoms. The summed E-state index contributed by atoms with van der Waals surface area (Å²) in [5.41, 5.74) is 9.45. The van der Waals surface area contributed by atoms with Gasteiger partial charge in [0.2, 0.25) is 0 Å². The number of hydrogen-bond donors (Lipinski definition) is 0. The minimum atomic E-state index is -3.20. The van der Waals surface area contributed by atoms with Crippen LogP contribution in [-0.2, 0) is 14.0 Å². The number of hydrogen-bond acceptors (Lipinski definition) is 2. The molecule has 0 spiro atoms. The van der Waals surface area contributed by atoms with E-state index in [0.717, 1.165) is 0 Å². The normalized spacial score (nSPS) is 23.6. The van der Waals surface area contributed by atoms with Gasteiger partial charge in [-0.3, -0.25) is 0 Å². The number of benzene rings is 2. The Hall–Kier alpha value is -0.969. The van der Waals surface area contributed by atoms with Crippen LogP contribution in [-0.4, -0.2) is 43.6 Å². The number of rotatable bonds is 4. The topological polar surface area (TPSA) is 6.48 Å². The third-order valence-electron chi connectivity index (χ3n) is 8.65. The van der Waals surface area contributed by atoms with Gasteiger partial charge in [0.1, 0.15) is 0 Å². The third kappa shape index (κ3) is 4.06. The molecule has 0 N–H and O–H groups in total. The number of allylic oxidation sites excluding steroid dienone is 2. The van der Waals surface area contributed by atoms with Crippen LogP contribution < -0.4 is 0 Å². The summed E-state index contributed by atoms with van der Waals surface area (Å²) in [4.78, 5) is 5.49. The van der Waals surface area contributed by atoms with Gasteiger partial charge in [-0.1, -0.05) is 0 Å². The second kappa shape index (κ2) is 9.48. The number of nitrogens with zero attached hydrogens (tertiary/aromatic N) is 2. The Labute approximate surface area is 220 Å². The summed E-state index contributed by atoms with van der Waals surface area (Å²) in [6.45, 7) is 4.94. The number of likely N-dealkylation sites (tertiary alicyclic amines) is 2. The second-order valence-electron chi connectivity index (χ2n) is 11.6. The van der Waals surface area contributed by atoms with E-state index >= 15 is 0 Å². The molecule has 2 aromatic rings. The molecule has 0 aromatic heterocycles. The molecule has 2 unspecified atom stereocenters. The molecule has 6 rings (SSSR count). The molecule has 2 aliphatic carbocycles. The van der Waals surface area contributed by atoms with Crippen LogP contribution in [0.25, 0.3) is 12.2 Å². The van der Waals surface area contributed by atoms with Crippen molar-refractivity contribution in [2.75, 3.05) is 26.2 Å². The first-order valence-corrected chi connectivity index (χ1v) is 21.6. The van der Waals surface area contributed by atoms with Crippen molar-refractivity contribution in [3.05, 3.63) is 82.2 Å². The molecule has 4 aliphatic rings. The minimum absolute atomic E-state index is 0. The van der Waals surface area contributed by atoms with Gasteiger partial charge in [-0.05, 0) is 0 Å². The molecular weight excluding hydrogens is 511 g/mol. The Morgan fingerprint density at radius 3 is 1.38 bits per heavy atom. The van der Waals surface area contributed by atoms with E-state index in [-0.39, 0.29) is 24.8 Å². The van der Waals surface area contributed by atoms with E-state index in [1.807, 2.05) is 0 Å². The molecule has 34 heavy (non-hydrogen) atoms. The Bertz CT molecular complexity index is 1110.